The van der Waals surface area contributed by atoms with Crippen LogP contribution in [0.2, 0.25) is 0 Å². The molecule has 2 aliphatic rings. The van der Waals surface area contributed by atoms with Gasteiger partial charge in [0.25, 0.3) is 0 Å². The molecule has 0 atom stereocenters. The van der Waals surface area contributed by atoms with Crippen molar-refractivity contribution in [3.8, 4) is 0 Å². The molecule has 7 nitrogen and oxygen atoms in total. The molecular weight excluding hydrogens is 292 g/mol. The fourth-order valence-corrected chi connectivity index (χ4v) is 2.92. The molecule has 2 aliphatic heterocycles. The molecule has 2 N–H and O–H groups in total. The number of hydrogen-bond donors (Lipinski definition) is 1. The average molecular weight is 318 g/mol. The second-order valence-corrected chi connectivity index (χ2v) is 6.05. The van der Waals surface area contributed by atoms with Crippen molar-refractivity contribution in [3.05, 3.63) is 23.9 Å². The molecule has 2 fully saturated rings. The molecule has 0 amide bonds. The van der Waals surface area contributed by atoms with E-state index in [4.69, 9.17) is 10.5 Å². The van der Waals surface area contributed by atoms with Crippen LogP contribution in [0.4, 0.5) is 5.82 Å². The van der Waals surface area contributed by atoms with Crippen LogP contribution in [0.1, 0.15) is 5.56 Å². The summed E-state index contributed by atoms with van der Waals surface area (Å²) in [5.41, 5.74) is 7.26. The first-order valence-corrected chi connectivity index (χ1v) is 8.24. The lowest BCUT2D eigenvalue weighted by molar-refractivity contribution is 0.0674. The Balaban J connectivity index is 1.68. The number of piperazine rings is 1. The van der Waals surface area contributed by atoms with Gasteiger partial charge in [-0.2, -0.15) is 0 Å². The SMILES string of the molecule is CN1CCN(c2ncccc2CN=C(N)N2CCOCC2)CC1. The number of hydrogen-bond acceptors (Lipinski definition) is 5. The van der Waals surface area contributed by atoms with E-state index in [1.54, 1.807) is 0 Å². The molecule has 1 aromatic rings. The fraction of sp³-hybridized carbons (Fsp3) is 0.625. The number of guanidine groups is 1. The Bertz CT molecular complexity index is 535. The summed E-state index contributed by atoms with van der Waals surface area (Å²) in [6.45, 7) is 7.77. The molecule has 0 bridgehead atoms. The molecule has 0 unspecified atom stereocenters. The van der Waals surface area contributed by atoms with Crippen LogP contribution in [0.25, 0.3) is 0 Å². The van der Waals surface area contributed by atoms with Crippen molar-refractivity contribution in [2.24, 2.45) is 10.7 Å². The number of aliphatic imine (C=N–C) groups is 1. The van der Waals surface area contributed by atoms with Crippen molar-refractivity contribution in [3.63, 3.8) is 0 Å². The summed E-state index contributed by atoms with van der Waals surface area (Å²) in [7, 11) is 2.16. The van der Waals surface area contributed by atoms with E-state index >= 15 is 0 Å². The molecule has 0 aromatic carbocycles. The highest BCUT2D eigenvalue weighted by Gasteiger charge is 2.18. The third kappa shape index (κ3) is 4.11. The van der Waals surface area contributed by atoms with Gasteiger partial charge in [-0.1, -0.05) is 6.07 Å². The molecule has 3 heterocycles. The van der Waals surface area contributed by atoms with Crippen LogP contribution < -0.4 is 10.6 Å². The number of nitrogens with two attached hydrogens (primary N) is 1. The largest absolute Gasteiger partial charge is 0.378 e. The summed E-state index contributed by atoms with van der Waals surface area (Å²) in [6, 6.07) is 4.06. The molecule has 2 saturated heterocycles. The maximum Gasteiger partial charge on any atom is 0.191 e. The summed E-state index contributed by atoms with van der Waals surface area (Å²) in [5.74, 6) is 1.64. The molecule has 0 aliphatic carbocycles. The first-order valence-electron chi connectivity index (χ1n) is 8.24. The highest BCUT2D eigenvalue weighted by molar-refractivity contribution is 5.78. The van der Waals surface area contributed by atoms with Gasteiger partial charge in [-0.3, -0.25) is 0 Å². The van der Waals surface area contributed by atoms with Gasteiger partial charge in [0.15, 0.2) is 5.96 Å². The molecule has 1 aromatic heterocycles. The monoisotopic (exact) mass is 318 g/mol. The van der Waals surface area contributed by atoms with Gasteiger partial charge in [0.05, 0.1) is 19.8 Å². The lowest BCUT2D eigenvalue weighted by atomic mass is 10.2. The van der Waals surface area contributed by atoms with E-state index in [0.717, 1.165) is 63.9 Å². The molecular formula is C16H26N6O. The Morgan fingerprint density at radius 1 is 1.22 bits per heavy atom. The van der Waals surface area contributed by atoms with Gasteiger partial charge in [-0.05, 0) is 13.1 Å². The number of ether oxygens (including phenoxy) is 1. The predicted molar refractivity (Wildman–Crippen MR) is 91.7 cm³/mol. The van der Waals surface area contributed by atoms with E-state index < -0.39 is 0 Å². The van der Waals surface area contributed by atoms with Gasteiger partial charge in [-0.15, -0.1) is 0 Å². The van der Waals surface area contributed by atoms with Crippen LogP contribution >= 0.6 is 0 Å². The number of pyridine rings is 1. The molecule has 3 rings (SSSR count). The zero-order chi connectivity index (χ0) is 16.1. The minimum absolute atomic E-state index is 0.568. The fourth-order valence-electron chi connectivity index (χ4n) is 2.92. The van der Waals surface area contributed by atoms with Gasteiger partial charge < -0.3 is 25.2 Å². The minimum Gasteiger partial charge on any atom is -0.378 e. The van der Waals surface area contributed by atoms with Crippen LogP contribution in [0.5, 0.6) is 0 Å². The summed E-state index contributed by atoms with van der Waals surface area (Å²) in [6.07, 6.45) is 1.85. The van der Waals surface area contributed by atoms with E-state index in [9.17, 15) is 0 Å². The third-order valence-corrected chi connectivity index (χ3v) is 4.42. The van der Waals surface area contributed by atoms with Crippen molar-refractivity contribution in [1.29, 1.82) is 0 Å². The first kappa shape index (κ1) is 16.0. The Morgan fingerprint density at radius 3 is 2.70 bits per heavy atom. The van der Waals surface area contributed by atoms with Crippen molar-refractivity contribution < 1.29 is 4.74 Å². The standard InChI is InChI=1S/C16H26N6O/c1-20-5-7-21(8-6-20)15-14(3-2-4-18-15)13-19-16(17)22-9-11-23-12-10-22/h2-4H,5-13H2,1H3,(H2,17,19). The van der Waals surface area contributed by atoms with Gasteiger partial charge in [0, 0.05) is 51.0 Å². The zero-order valence-corrected chi connectivity index (χ0v) is 13.8. The molecule has 0 radical (unpaired) electrons. The molecule has 0 spiro atoms. The highest BCUT2D eigenvalue weighted by Crippen LogP contribution is 2.19. The first-order chi connectivity index (χ1) is 11.2. The summed E-state index contributed by atoms with van der Waals surface area (Å²) in [5, 5.41) is 0. The van der Waals surface area contributed by atoms with Gasteiger partial charge >= 0.3 is 0 Å². The van der Waals surface area contributed by atoms with E-state index in [-0.39, 0.29) is 0 Å². The molecule has 7 heteroatoms. The van der Waals surface area contributed by atoms with Crippen LogP contribution in [-0.2, 0) is 11.3 Å². The number of rotatable bonds is 3. The second-order valence-electron chi connectivity index (χ2n) is 6.05. The van der Waals surface area contributed by atoms with E-state index in [2.05, 4.69) is 37.8 Å². The maximum atomic E-state index is 6.12. The van der Waals surface area contributed by atoms with Crippen molar-refractivity contribution in [1.82, 2.24) is 14.8 Å². The topological polar surface area (TPSA) is 70.2 Å². The normalized spacial score (nSPS) is 20.8. The van der Waals surface area contributed by atoms with E-state index in [1.807, 2.05) is 12.3 Å². The molecule has 126 valence electrons. The van der Waals surface area contributed by atoms with Crippen molar-refractivity contribution in [2.75, 3.05) is 64.4 Å². The number of aromatic nitrogens is 1. The van der Waals surface area contributed by atoms with Crippen LogP contribution in [-0.4, -0.2) is 80.3 Å². The number of likely N-dealkylation sites (N-methyl/N-ethyl adjacent to an activating group) is 1. The molecule has 23 heavy (non-hydrogen) atoms. The Kier molecular flexibility index (Phi) is 5.30. The van der Waals surface area contributed by atoms with Crippen molar-refractivity contribution in [2.45, 2.75) is 6.54 Å². The summed E-state index contributed by atoms with van der Waals surface area (Å²) < 4.78 is 5.35. The Morgan fingerprint density at radius 2 is 1.96 bits per heavy atom. The Labute approximate surface area is 137 Å². The lowest BCUT2D eigenvalue weighted by Gasteiger charge is -2.34. The smallest absolute Gasteiger partial charge is 0.191 e. The zero-order valence-electron chi connectivity index (χ0n) is 13.8. The summed E-state index contributed by atoms with van der Waals surface area (Å²) in [4.78, 5) is 15.9. The predicted octanol–water partition coefficient (Wildman–Crippen LogP) is -0.0197. The van der Waals surface area contributed by atoms with E-state index in [1.165, 1.54) is 0 Å². The summed E-state index contributed by atoms with van der Waals surface area (Å²) >= 11 is 0. The number of nitrogens with zero attached hydrogens (tertiary/aromatic N) is 5. The van der Waals surface area contributed by atoms with Crippen LogP contribution in [0.15, 0.2) is 23.3 Å². The Hall–Kier alpha value is -1.86. The van der Waals surface area contributed by atoms with Crippen LogP contribution in [0.3, 0.4) is 0 Å². The lowest BCUT2D eigenvalue weighted by Crippen LogP contribution is -2.45. The number of morpholine rings is 1. The second kappa shape index (κ2) is 7.61. The van der Waals surface area contributed by atoms with Crippen LogP contribution in [0, 0.1) is 0 Å². The van der Waals surface area contributed by atoms with Gasteiger partial charge in [0.1, 0.15) is 5.82 Å². The minimum atomic E-state index is 0.568. The van der Waals surface area contributed by atoms with Gasteiger partial charge in [-0.25, -0.2) is 9.98 Å². The quantitative estimate of drug-likeness (QED) is 0.624. The van der Waals surface area contributed by atoms with Gasteiger partial charge in [0.2, 0.25) is 0 Å². The van der Waals surface area contributed by atoms with E-state index in [0.29, 0.717) is 12.5 Å². The molecule has 0 saturated carbocycles. The van der Waals surface area contributed by atoms with Crippen molar-refractivity contribution >= 4 is 11.8 Å². The number of anilines is 1. The maximum absolute atomic E-state index is 6.12. The third-order valence-electron chi connectivity index (χ3n) is 4.42. The highest BCUT2D eigenvalue weighted by atomic mass is 16.5. The average Bonchev–Trinajstić information content (AvgIpc) is 2.61.